The molecule has 1 aromatic rings. The minimum absolute atomic E-state index is 0.276. The van der Waals surface area contributed by atoms with E-state index in [1.165, 1.54) is 25.7 Å². The monoisotopic (exact) mass is 286 g/mol. The number of carbonyl (C=O) groups is 1. The number of halogens is 1. The third kappa shape index (κ3) is 2.70. The van der Waals surface area contributed by atoms with E-state index in [0.29, 0.717) is 5.78 Å². The SMILES string of the molecule is O=C(c1ccsc1Br)C1CCCCCC1. The van der Waals surface area contributed by atoms with Crippen molar-refractivity contribution >= 4 is 33.0 Å². The fourth-order valence-electron chi connectivity index (χ4n) is 2.23. The van der Waals surface area contributed by atoms with Crippen molar-refractivity contribution < 1.29 is 4.79 Å². The van der Waals surface area contributed by atoms with Crippen LogP contribution < -0.4 is 0 Å². The van der Waals surface area contributed by atoms with Crippen LogP contribution in [0.1, 0.15) is 48.9 Å². The van der Waals surface area contributed by atoms with Crippen molar-refractivity contribution in [3.63, 3.8) is 0 Å². The standard InChI is InChI=1S/C12H15BrOS/c13-12-10(7-8-15-12)11(14)9-5-3-1-2-4-6-9/h7-9H,1-6H2. The van der Waals surface area contributed by atoms with E-state index in [0.717, 1.165) is 22.2 Å². The van der Waals surface area contributed by atoms with Crippen molar-refractivity contribution in [2.75, 3.05) is 0 Å². The molecule has 0 spiro atoms. The highest BCUT2D eigenvalue weighted by Crippen LogP contribution is 2.31. The topological polar surface area (TPSA) is 17.1 Å². The number of ketones is 1. The Morgan fingerprint density at radius 2 is 1.93 bits per heavy atom. The van der Waals surface area contributed by atoms with Crippen molar-refractivity contribution in [1.82, 2.24) is 0 Å². The molecule has 3 heteroatoms. The molecule has 1 aliphatic rings. The van der Waals surface area contributed by atoms with Crippen LogP contribution in [0.5, 0.6) is 0 Å². The van der Waals surface area contributed by atoms with Crippen LogP contribution in [-0.2, 0) is 0 Å². The largest absolute Gasteiger partial charge is 0.294 e. The van der Waals surface area contributed by atoms with Gasteiger partial charge in [-0.15, -0.1) is 11.3 Å². The molecule has 0 aliphatic heterocycles. The first-order valence-corrected chi connectivity index (χ1v) is 7.23. The highest BCUT2D eigenvalue weighted by atomic mass is 79.9. The molecule has 82 valence electrons. The van der Waals surface area contributed by atoms with Gasteiger partial charge in [-0.2, -0.15) is 0 Å². The van der Waals surface area contributed by atoms with Crippen LogP contribution in [0.25, 0.3) is 0 Å². The molecular weight excluding hydrogens is 272 g/mol. The Morgan fingerprint density at radius 1 is 1.27 bits per heavy atom. The highest BCUT2D eigenvalue weighted by Gasteiger charge is 2.23. The van der Waals surface area contributed by atoms with E-state index in [-0.39, 0.29) is 5.92 Å². The number of hydrogen-bond donors (Lipinski definition) is 0. The fourth-order valence-corrected chi connectivity index (χ4v) is 3.50. The van der Waals surface area contributed by atoms with Crippen LogP contribution in [0.2, 0.25) is 0 Å². The molecule has 2 rings (SSSR count). The molecule has 1 aromatic heterocycles. The summed E-state index contributed by atoms with van der Waals surface area (Å²) in [6.07, 6.45) is 7.21. The van der Waals surface area contributed by atoms with Gasteiger partial charge in [0.25, 0.3) is 0 Å². The first-order chi connectivity index (χ1) is 7.29. The van der Waals surface area contributed by atoms with E-state index < -0.39 is 0 Å². The number of carbonyl (C=O) groups excluding carboxylic acids is 1. The lowest BCUT2D eigenvalue weighted by Crippen LogP contribution is -2.13. The lowest BCUT2D eigenvalue weighted by Gasteiger charge is -2.11. The third-order valence-electron chi connectivity index (χ3n) is 3.11. The predicted octanol–water partition coefficient (Wildman–Crippen LogP) is 4.66. The summed E-state index contributed by atoms with van der Waals surface area (Å²) in [4.78, 5) is 12.2. The minimum atomic E-state index is 0.276. The summed E-state index contributed by atoms with van der Waals surface area (Å²) in [7, 11) is 0. The molecule has 15 heavy (non-hydrogen) atoms. The van der Waals surface area contributed by atoms with Gasteiger partial charge in [-0.05, 0) is 40.2 Å². The highest BCUT2D eigenvalue weighted by molar-refractivity contribution is 9.11. The van der Waals surface area contributed by atoms with Crippen molar-refractivity contribution in [2.45, 2.75) is 38.5 Å². The van der Waals surface area contributed by atoms with E-state index >= 15 is 0 Å². The Morgan fingerprint density at radius 3 is 2.47 bits per heavy atom. The van der Waals surface area contributed by atoms with Crippen LogP contribution in [0.4, 0.5) is 0 Å². The molecule has 0 radical (unpaired) electrons. The van der Waals surface area contributed by atoms with E-state index in [1.807, 2.05) is 11.4 Å². The zero-order valence-electron chi connectivity index (χ0n) is 8.67. The van der Waals surface area contributed by atoms with Crippen molar-refractivity contribution in [2.24, 2.45) is 5.92 Å². The second-order valence-electron chi connectivity index (χ2n) is 4.16. The number of rotatable bonds is 2. The van der Waals surface area contributed by atoms with Gasteiger partial charge in [0.1, 0.15) is 0 Å². The second-order valence-corrected chi connectivity index (χ2v) is 6.39. The lowest BCUT2D eigenvalue weighted by molar-refractivity contribution is 0.0907. The van der Waals surface area contributed by atoms with E-state index in [4.69, 9.17) is 0 Å². The molecule has 0 aromatic carbocycles. The smallest absolute Gasteiger partial charge is 0.167 e. The summed E-state index contributed by atoms with van der Waals surface area (Å²) >= 11 is 5.05. The molecule has 1 heterocycles. The predicted molar refractivity (Wildman–Crippen MR) is 67.5 cm³/mol. The average molecular weight is 287 g/mol. The zero-order valence-corrected chi connectivity index (χ0v) is 11.1. The molecule has 1 aliphatic carbocycles. The number of Topliss-reactive ketones (excluding diaryl/α,β-unsaturated/α-hetero) is 1. The molecule has 0 N–H and O–H groups in total. The van der Waals surface area contributed by atoms with Gasteiger partial charge in [0, 0.05) is 11.5 Å². The molecule has 1 fully saturated rings. The summed E-state index contributed by atoms with van der Waals surface area (Å²) in [6.45, 7) is 0. The summed E-state index contributed by atoms with van der Waals surface area (Å²) in [5.41, 5.74) is 0.895. The number of thiophene rings is 1. The molecular formula is C12H15BrOS. The zero-order chi connectivity index (χ0) is 10.7. The van der Waals surface area contributed by atoms with Gasteiger partial charge >= 0.3 is 0 Å². The Labute approximate surface area is 103 Å². The molecule has 1 nitrogen and oxygen atoms in total. The first kappa shape index (κ1) is 11.3. The summed E-state index contributed by atoms with van der Waals surface area (Å²) in [5, 5.41) is 1.98. The minimum Gasteiger partial charge on any atom is -0.294 e. The second kappa shape index (κ2) is 5.26. The third-order valence-corrected chi connectivity index (χ3v) is 4.80. The van der Waals surface area contributed by atoms with E-state index in [2.05, 4.69) is 15.9 Å². The van der Waals surface area contributed by atoms with Crippen molar-refractivity contribution in [3.05, 3.63) is 20.8 Å². The van der Waals surface area contributed by atoms with Gasteiger partial charge in [0.15, 0.2) is 5.78 Å². The van der Waals surface area contributed by atoms with Crippen LogP contribution in [-0.4, -0.2) is 5.78 Å². The normalized spacial score (nSPS) is 18.7. The van der Waals surface area contributed by atoms with E-state index in [9.17, 15) is 4.79 Å². The maximum Gasteiger partial charge on any atom is 0.167 e. The maximum atomic E-state index is 12.2. The number of hydrogen-bond acceptors (Lipinski definition) is 2. The van der Waals surface area contributed by atoms with Crippen LogP contribution in [0.15, 0.2) is 15.2 Å². The molecule has 0 unspecified atom stereocenters. The fraction of sp³-hybridized carbons (Fsp3) is 0.583. The Hall–Kier alpha value is -0.150. The lowest BCUT2D eigenvalue weighted by atomic mass is 9.92. The summed E-state index contributed by atoms with van der Waals surface area (Å²) in [6, 6.07) is 1.95. The van der Waals surface area contributed by atoms with Crippen LogP contribution >= 0.6 is 27.3 Å². The van der Waals surface area contributed by atoms with Gasteiger partial charge in [-0.1, -0.05) is 25.7 Å². The molecule has 0 atom stereocenters. The maximum absolute atomic E-state index is 12.2. The molecule has 0 bridgehead atoms. The average Bonchev–Trinajstić information content (AvgIpc) is 2.53. The molecule has 0 saturated heterocycles. The Kier molecular flexibility index (Phi) is 3.98. The van der Waals surface area contributed by atoms with Crippen molar-refractivity contribution in [1.29, 1.82) is 0 Å². The van der Waals surface area contributed by atoms with Crippen molar-refractivity contribution in [3.8, 4) is 0 Å². The van der Waals surface area contributed by atoms with Gasteiger partial charge in [-0.25, -0.2) is 0 Å². The Bertz CT molecular complexity index is 337. The first-order valence-electron chi connectivity index (χ1n) is 5.56. The molecule has 1 saturated carbocycles. The van der Waals surface area contributed by atoms with Crippen LogP contribution in [0.3, 0.4) is 0 Å². The van der Waals surface area contributed by atoms with Gasteiger partial charge in [0.2, 0.25) is 0 Å². The van der Waals surface area contributed by atoms with E-state index in [1.54, 1.807) is 11.3 Å². The Balaban J connectivity index is 2.09. The van der Waals surface area contributed by atoms with Gasteiger partial charge in [0.05, 0.1) is 3.79 Å². The quantitative estimate of drug-likeness (QED) is 0.571. The van der Waals surface area contributed by atoms with Crippen LogP contribution in [0, 0.1) is 5.92 Å². The van der Waals surface area contributed by atoms with Gasteiger partial charge in [-0.3, -0.25) is 4.79 Å². The summed E-state index contributed by atoms with van der Waals surface area (Å²) in [5.74, 6) is 0.628. The summed E-state index contributed by atoms with van der Waals surface area (Å²) < 4.78 is 0.997. The van der Waals surface area contributed by atoms with Gasteiger partial charge < -0.3 is 0 Å². The molecule has 0 amide bonds.